The fraction of sp³-hybridized carbons (Fsp3) is 0.500. The Morgan fingerprint density at radius 3 is 2.90 bits per heavy atom. The van der Waals surface area contributed by atoms with Gasteiger partial charge in [0.2, 0.25) is 5.82 Å². The maximum absolute atomic E-state index is 10.9. The van der Waals surface area contributed by atoms with Gasteiger partial charge in [-0.1, -0.05) is 6.92 Å². The number of nitro groups is 1. The van der Waals surface area contributed by atoms with E-state index in [4.69, 9.17) is 9.84 Å². The number of carboxylic acids is 1. The number of aromatic nitrogens is 1. The highest BCUT2D eigenvalue weighted by Crippen LogP contribution is 2.22. The molecule has 0 aliphatic heterocycles. The van der Waals surface area contributed by atoms with Gasteiger partial charge in [0.1, 0.15) is 0 Å². The molecule has 0 radical (unpaired) electrons. The van der Waals surface area contributed by atoms with E-state index in [-0.39, 0.29) is 17.1 Å². The van der Waals surface area contributed by atoms with Crippen molar-refractivity contribution in [3.05, 3.63) is 27.9 Å². The number of nitrogens with zero attached hydrogens (tertiary/aromatic N) is 2. The summed E-state index contributed by atoms with van der Waals surface area (Å²) in [6.07, 6.45) is 2.71. The molecule has 1 aromatic rings. The number of hydrogen-bond donors (Lipinski definition) is 2. The number of nitrogens with one attached hydrogen (secondary N) is 1. The molecular formula is C12H17N3O5. The lowest BCUT2D eigenvalue weighted by atomic mass is 10.2. The lowest BCUT2D eigenvalue weighted by molar-refractivity contribution is -0.384. The van der Waals surface area contributed by atoms with Crippen molar-refractivity contribution in [3.63, 3.8) is 0 Å². The van der Waals surface area contributed by atoms with E-state index in [0.29, 0.717) is 26.2 Å². The summed E-state index contributed by atoms with van der Waals surface area (Å²) >= 11 is 0. The van der Waals surface area contributed by atoms with Crippen LogP contribution in [0, 0.1) is 10.1 Å². The molecule has 110 valence electrons. The molecule has 0 amide bonds. The Labute approximate surface area is 115 Å². The number of aromatic carboxylic acids is 1. The summed E-state index contributed by atoms with van der Waals surface area (Å²) < 4.78 is 5.28. The molecule has 20 heavy (non-hydrogen) atoms. The van der Waals surface area contributed by atoms with Gasteiger partial charge in [0.15, 0.2) is 0 Å². The van der Waals surface area contributed by atoms with Crippen molar-refractivity contribution in [2.45, 2.75) is 19.8 Å². The molecule has 0 aliphatic rings. The molecule has 0 aliphatic carbocycles. The van der Waals surface area contributed by atoms with Crippen LogP contribution in [0.15, 0.2) is 12.3 Å². The van der Waals surface area contributed by atoms with E-state index in [0.717, 1.165) is 18.7 Å². The zero-order valence-electron chi connectivity index (χ0n) is 11.2. The maximum Gasteiger partial charge on any atom is 0.337 e. The van der Waals surface area contributed by atoms with Crippen LogP contribution in [-0.4, -0.2) is 40.7 Å². The fourth-order valence-electron chi connectivity index (χ4n) is 1.47. The number of pyridine rings is 1. The van der Waals surface area contributed by atoms with Crippen LogP contribution < -0.4 is 5.32 Å². The Morgan fingerprint density at radius 2 is 2.30 bits per heavy atom. The van der Waals surface area contributed by atoms with Crippen LogP contribution in [0.5, 0.6) is 0 Å². The highest BCUT2D eigenvalue weighted by molar-refractivity contribution is 5.88. The van der Waals surface area contributed by atoms with Gasteiger partial charge in [-0.25, -0.2) is 9.78 Å². The van der Waals surface area contributed by atoms with Crippen LogP contribution in [0.3, 0.4) is 0 Å². The molecule has 1 rings (SSSR count). The first-order chi connectivity index (χ1) is 9.56. The van der Waals surface area contributed by atoms with Gasteiger partial charge in [-0.15, -0.1) is 0 Å². The second-order valence-corrected chi connectivity index (χ2v) is 4.05. The Bertz CT molecular complexity index is 478. The second kappa shape index (κ2) is 8.05. The van der Waals surface area contributed by atoms with Gasteiger partial charge in [-0.2, -0.15) is 0 Å². The number of carbonyl (C=O) groups is 1. The van der Waals surface area contributed by atoms with Crippen molar-refractivity contribution in [2.24, 2.45) is 0 Å². The lowest BCUT2D eigenvalue weighted by Crippen LogP contribution is -2.10. The molecule has 2 N–H and O–H groups in total. The second-order valence-electron chi connectivity index (χ2n) is 4.05. The van der Waals surface area contributed by atoms with Crippen molar-refractivity contribution in [3.8, 4) is 0 Å². The van der Waals surface area contributed by atoms with Crippen molar-refractivity contribution in [1.82, 2.24) is 4.98 Å². The summed E-state index contributed by atoms with van der Waals surface area (Å²) in [6, 6.07) is 0.991. The Kier molecular flexibility index (Phi) is 6.38. The molecule has 0 fully saturated rings. The monoisotopic (exact) mass is 283 g/mol. The van der Waals surface area contributed by atoms with E-state index in [9.17, 15) is 14.9 Å². The number of ether oxygens (including phenoxy) is 1. The molecule has 0 unspecified atom stereocenters. The van der Waals surface area contributed by atoms with Crippen LogP contribution in [0.1, 0.15) is 30.1 Å². The zero-order chi connectivity index (χ0) is 15.0. The van der Waals surface area contributed by atoms with E-state index < -0.39 is 10.9 Å². The molecular weight excluding hydrogens is 266 g/mol. The topological polar surface area (TPSA) is 115 Å². The summed E-state index contributed by atoms with van der Waals surface area (Å²) in [4.78, 5) is 24.8. The molecule has 8 heteroatoms. The largest absolute Gasteiger partial charge is 0.478 e. The van der Waals surface area contributed by atoms with Crippen molar-refractivity contribution < 1.29 is 19.6 Å². The van der Waals surface area contributed by atoms with E-state index in [1.54, 1.807) is 0 Å². The number of carboxylic acid groups (broad SMARTS) is 1. The fourth-order valence-corrected chi connectivity index (χ4v) is 1.47. The summed E-state index contributed by atoms with van der Waals surface area (Å²) in [5.41, 5.74) is -0.562. The first-order valence-electron chi connectivity index (χ1n) is 6.25. The van der Waals surface area contributed by atoms with Crippen LogP contribution in [-0.2, 0) is 4.74 Å². The molecule has 0 saturated carbocycles. The number of anilines is 1. The van der Waals surface area contributed by atoms with Gasteiger partial charge >= 0.3 is 11.7 Å². The first-order valence-corrected chi connectivity index (χ1v) is 6.25. The van der Waals surface area contributed by atoms with Crippen LogP contribution in [0.4, 0.5) is 11.5 Å². The molecule has 0 bridgehead atoms. The van der Waals surface area contributed by atoms with E-state index >= 15 is 0 Å². The van der Waals surface area contributed by atoms with Crippen LogP contribution >= 0.6 is 0 Å². The average Bonchev–Trinajstić information content (AvgIpc) is 2.42. The predicted molar refractivity (Wildman–Crippen MR) is 72.1 cm³/mol. The third-order valence-electron chi connectivity index (χ3n) is 2.42. The third kappa shape index (κ3) is 4.81. The Morgan fingerprint density at radius 1 is 1.55 bits per heavy atom. The summed E-state index contributed by atoms with van der Waals surface area (Å²) in [5, 5.41) is 22.5. The van der Waals surface area contributed by atoms with Crippen molar-refractivity contribution >= 4 is 17.5 Å². The van der Waals surface area contributed by atoms with Crippen molar-refractivity contribution in [1.29, 1.82) is 0 Å². The molecule has 0 aromatic carbocycles. The summed E-state index contributed by atoms with van der Waals surface area (Å²) in [7, 11) is 0. The molecule has 1 heterocycles. The molecule has 0 atom stereocenters. The van der Waals surface area contributed by atoms with Crippen LogP contribution in [0.25, 0.3) is 0 Å². The minimum atomic E-state index is -1.25. The minimum absolute atomic E-state index is 0.0653. The van der Waals surface area contributed by atoms with Gasteiger partial charge in [0, 0.05) is 32.0 Å². The standard InChI is InChI=1S/C12H17N3O5/c1-2-5-20-6-3-4-13-11-10(15(18)19)7-9(8-14-11)12(16)17/h7-8H,2-6H2,1H3,(H,13,14)(H,16,17). The first kappa shape index (κ1) is 15.8. The zero-order valence-corrected chi connectivity index (χ0v) is 11.2. The third-order valence-corrected chi connectivity index (χ3v) is 2.42. The maximum atomic E-state index is 10.9. The smallest absolute Gasteiger partial charge is 0.337 e. The Hall–Kier alpha value is -2.22. The molecule has 0 spiro atoms. The molecule has 1 aromatic heterocycles. The lowest BCUT2D eigenvalue weighted by Gasteiger charge is -2.07. The van der Waals surface area contributed by atoms with Gasteiger partial charge in [-0.3, -0.25) is 10.1 Å². The summed E-state index contributed by atoms with van der Waals surface area (Å²) in [6.45, 7) is 3.72. The van der Waals surface area contributed by atoms with Gasteiger partial charge in [0.25, 0.3) is 0 Å². The number of hydrogen-bond acceptors (Lipinski definition) is 6. The van der Waals surface area contributed by atoms with Gasteiger partial charge in [0.05, 0.1) is 10.5 Å². The average molecular weight is 283 g/mol. The number of rotatable bonds is 9. The van der Waals surface area contributed by atoms with E-state index in [2.05, 4.69) is 10.3 Å². The SMILES string of the molecule is CCCOCCCNc1ncc(C(=O)O)cc1[N+](=O)[O-]. The Balaban J connectivity index is 2.60. The van der Waals surface area contributed by atoms with E-state index in [1.807, 2.05) is 6.92 Å². The highest BCUT2D eigenvalue weighted by Gasteiger charge is 2.18. The minimum Gasteiger partial charge on any atom is -0.478 e. The van der Waals surface area contributed by atoms with Gasteiger partial charge < -0.3 is 15.2 Å². The quantitative estimate of drug-likeness (QED) is 0.404. The van der Waals surface area contributed by atoms with E-state index in [1.165, 1.54) is 0 Å². The summed E-state index contributed by atoms with van der Waals surface area (Å²) in [5.74, 6) is -1.18. The van der Waals surface area contributed by atoms with Gasteiger partial charge in [-0.05, 0) is 12.8 Å². The molecule has 0 saturated heterocycles. The van der Waals surface area contributed by atoms with Crippen LogP contribution in [0.2, 0.25) is 0 Å². The van der Waals surface area contributed by atoms with Crippen molar-refractivity contribution in [2.75, 3.05) is 25.1 Å². The predicted octanol–water partition coefficient (Wildman–Crippen LogP) is 1.92. The highest BCUT2D eigenvalue weighted by atomic mass is 16.6. The molecule has 8 nitrogen and oxygen atoms in total. The normalized spacial score (nSPS) is 10.2.